The molecule has 0 saturated carbocycles. The molecule has 1 radical (unpaired) electrons. The summed E-state index contributed by atoms with van der Waals surface area (Å²) in [7, 11) is 0. The van der Waals surface area contributed by atoms with E-state index in [2.05, 4.69) is 11.2 Å². The number of benzene rings is 1. The maximum atomic E-state index is 11.2. The van der Waals surface area contributed by atoms with Gasteiger partial charge in [0.2, 0.25) is 6.61 Å². The van der Waals surface area contributed by atoms with Crippen LogP contribution in [0.5, 0.6) is 0 Å². The van der Waals surface area contributed by atoms with Crippen LogP contribution in [0.15, 0.2) is 17.3 Å². The topological polar surface area (TPSA) is 47.9 Å². The van der Waals surface area contributed by atoms with Crippen molar-refractivity contribution in [3.05, 3.63) is 33.8 Å². The maximum absolute atomic E-state index is 11.2. The molecule has 0 spiro atoms. The van der Waals surface area contributed by atoms with E-state index in [0.717, 1.165) is 12.8 Å². The summed E-state index contributed by atoms with van der Waals surface area (Å²) in [6.07, 6.45) is 3.19. The average molecular weight is 303 g/mol. The summed E-state index contributed by atoms with van der Waals surface area (Å²) in [5, 5.41) is 4.48. The van der Waals surface area contributed by atoms with Gasteiger partial charge in [0.05, 0.1) is 17.8 Å². The highest BCUT2D eigenvalue weighted by molar-refractivity contribution is 6.36. The van der Waals surface area contributed by atoms with E-state index in [4.69, 9.17) is 32.8 Å². The molecule has 1 aromatic carbocycles. The minimum atomic E-state index is -0.445. The summed E-state index contributed by atoms with van der Waals surface area (Å²) >= 11 is 11.6. The first-order valence-electron chi connectivity index (χ1n) is 5.81. The van der Waals surface area contributed by atoms with Gasteiger partial charge in [-0.2, -0.15) is 0 Å². The zero-order chi connectivity index (χ0) is 14.1. The second-order valence-corrected chi connectivity index (χ2v) is 4.48. The van der Waals surface area contributed by atoms with Gasteiger partial charge in [0, 0.05) is 16.7 Å². The molecule has 1 aromatic rings. The van der Waals surface area contributed by atoms with Crippen molar-refractivity contribution in [1.29, 1.82) is 0 Å². The van der Waals surface area contributed by atoms with E-state index >= 15 is 0 Å². The van der Waals surface area contributed by atoms with Gasteiger partial charge < -0.3 is 9.57 Å². The Balaban J connectivity index is 2.32. The number of hydrogen-bond acceptors (Lipinski definition) is 4. The standard InChI is InChI=1S/C13H14Cl2NO3/c1-2-3-6-18-13(17)9-19-16-8-10-4-5-11(14)7-12(10)15/h4,7-8H,2-3,6,9H2,1H3/b16-8+. The lowest BCUT2D eigenvalue weighted by Crippen LogP contribution is -2.11. The first-order chi connectivity index (χ1) is 9.13. The Morgan fingerprint density at radius 1 is 1.53 bits per heavy atom. The van der Waals surface area contributed by atoms with Gasteiger partial charge in [-0.15, -0.1) is 0 Å². The zero-order valence-electron chi connectivity index (χ0n) is 10.5. The highest BCUT2D eigenvalue weighted by Crippen LogP contribution is 2.18. The molecular formula is C13H14Cl2NO3. The Morgan fingerprint density at radius 2 is 2.32 bits per heavy atom. The molecule has 0 saturated heterocycles. The number of halogens is 2. The fraction of sp³-hybridized carbons (Fsp3) is 0.385. The molecule has 0 aliphatic rings. The SMILES string of the molecule is CCCCOC(=O)CO/N=C/c1c[c]c(Cl)cc1Cl. The number of unbranched alkanes of at least 4 members (excludes halogenated alkanes) is 1. The Kier molecular flexibility index (Phi) is 7.30. The van der Waals surface area contributed by atoms with E-state index in [1.54, 1.807) is 12.1 Å². The Hall–Kier alpha value is -1.26. The van der Waals surface area contributed by atoms with Gasteiger partial charge in [-0.05, 0) is 18.6 Å². The molecule has 19 heavy (non-hydrogen) atoms. The van der Waals surface area contributed by atoms with Crippen molar-refractivity contribution < 1.29 is 14.4 Å². The third-order valence-corrected chi connectivity index (χ3v) is 2.65. The van der Waals surface area contributed by atoms with E-state index in [-0.39, 0.29) is 6.61 Å². The molecule has 0 aliphatic carbocycles. The summed E-state index contributed by atoms with van der Waals surface area (Å²) in [6.45, 7) is 2.19. The van der Waals surface area contributed by atoms with Gasteiger partial charge in [0.25, 0.3) is 0 Å². The molecular weight excluding hydrogens is 289 g/mol. The van der Waals surface area contributed by atoms with Gasteiger partial charge in [-0.25, -0.2) is 4.79 Å². The van der Waals surface area contributed by atoms with Crippen LogP contribution in [-0.2, 0) is 14.4 Å². The third-order valence-electron chi connectivity index (χ3n) is 2.10. The smallest absolute Gasteiger partial charge is 0.347 e. The molecule has 0 atom stereocenters. The average Bonchev–Trinajstić information content (AvgIpc) is 2.37. The number of oxime groups is 1. The van der Waals surface area contributed by atoms with E-state index in [1.165, 1.54) is 6.21 Å². The molecule has 0 fully saturated rings. The van der Waals surface area contributed by atoms with Gasteiger partial charge in [0.15, 0.2) is 0 Å². The molecule has 0 N–H and O–H groups in total. The molecule has 1 rings (SSSR count). The lowest BCUT2D eigenvalue weighted by Gasteiger charge is -2.02. The maximum Gasteiger partial charge on any atom is 0.347 e. The van der Waals surface area contributed by atoms with E-state index in [9.17, 15) is 4.79 Å². The van der Waals surface area contributed by atoms with E-state index in [1.807, 2.05) is 6.92 Å². The van der Waals surface area contributed by atoms with Crippen LogP contribution in [0.4, 0.5) is 0 Å². The Bertz CT molecular complexity index is 450. The molecule has 0 aliphatic heterocycles. The molecule has 0 amide bonds. The lowest BCUT2D eigenvalue weighted by atomic mass is 10.2. The van der Waals surface area contributed by atoms with Crippen molar-refractivity contribution in [1.82, 2.24) is 0 Å². The van der Waals surface area contributed by atoms with Crippen molar-refractivity contribution in [2.45, 2.75) is 19.8 Å². The molecule has 0 aromatic heterocycles. The van der Waals surface area contributed by atoms with Gasteiger partial charge in [-0.1, -0.05) is 41.7 Å². The molecule has 0 heterocycles. The lowest BCUT2D eigenvalue weighted by molar-refractivity contribution is -0.149. The number of ether oxygens (including phenoxy) is 1. The monoisotopic (exact) mass is 302 g/mol. The number of carbonyl (C=O) groups is 1. The highest BCUT2D eigenvalue weighted by atomic mass is 35.5. The van der Waals surface area contributed by atoms with Crippen molar-refractivity contribution in [2.24, 2.45) is 5.16 Å². The predicted molar refractivity (Wildman–Crippen MR) is 74.7 cm³/mol. The number of nitrogens with zero attached hydrogens (tertiary/aromatic N) is 1. The van der Waals surface area contributed by atoms with Gasteiger partial charge >= 0.3 is 5.97 Å². The van der Waals surface area contributed by atoms with Crippen LogP contribution in [0.25, 0.3) is 0 Å². The fourth-order valence-corrected chi connectivity index (χ4v) is 1.54. The van der Waals surface area contributed by atoms with Gasteiger partial charge in [0.1, 0.15) is 0 Å². The van der Waals surface area contributed by atoms with Gasteiger partial charge in [-0.3, -0.25) is 0 Å². The van der Waals surface area contributed by atoms with Crippen molar-refractivity contribution >= 4 is 35.4 Å². The van der Waals surface area contributed by atoms with Crippen LogP contribution in [0.3, 0.4) is 0 Å². The first kappa shape index (κ1) is 15.8. The first-order valence-corrected chi connectivity index (χ1v) is 6.56. The summed E-state index contributed by atoms with van der Waals surface area (Å²) < 4.78 is 4.89. The summed E-state index contributed by atoms with van der Waals surface area (Å²) in [5.41, 5.74) is 0.602. The third kappa shape index (κ3) is 6.45. The molecule has 0 bridgehead atoms. The molecule has 103 valence electrons. The van der Waals surface area contributed by atoms with Crippen molar-refractivity contribution in [3.8, 4) is 0 Å². The van der Waals surface area contributed by atoms with E-state index < -0.39 is 5.97 Å². The van der Waals surface area contributed by atoms with Crippen LogP contribution in [0, 0.1) is 6.07 Å². The van der Waals surface area contributed by atoms with Crippen molar-refractivity contribution in [2.75, 3.05) is 13.2 Å². The molecule has 6 heteroatoms. The van der Waals surface area contributed by atoms with Crippen LogP contribution in [0.1, 0.15) is 25.3 Å². The van der Waals surface area contributed by atoms with E-state index in [0.29, 0.717) is 22.2 Å². The normalized spacial score (nSPS) is 10.7. The predicted octanol–water partition coefficient (Wildman–Crippen LogP) is 3.49. The molecule has 4 nitrogen and oxygen atoms in total. The fourth-order valence-electron chi connectivity index (χ4n) is 1.11. The Labute approximate surface area is 122 Å². The second kappa shape index (κ2) is 8.77. The number of rotatable bonds is 7. The highest BCUT2D eigenvalue weighted by Gasteiger charge is 2.02. The number of esters is 1. The summed E-state index contributed by atoms with van der Waals surface area (Å²) in [4.78, 5) is 16.0. The van der Waals surface area contributed by atoms with Crippen LogP contribution in [-0.4, -0.2) is 25.4 Å². The second-order valence-electron chi connectivity index (χ2n) is 3.67. The number of carbonyl (C=O) groups excluding carboxylic acids is 1. The molecule has 0 unspecified atom stereocenters. The Morgan fingerprint density at radius 3 is 3.00 bits per heavy atom. The van der Waals surface area contributed by atoms with Crippen LogP contribution in [0.2, 0.25) is 10.0 Å². The number of hydrogen-bond donors (Lipinski definition) is 0. The summed E-state index contributed by atoms with van der Waals surface area (Å²) in [6, 6.07) is 5.89. The minimum absolute atomic E-state index is 0.227. The minimum Gasteiger partial charge on any atom is -0.463 e. The zero-order valence-corrected chi connectivity index (χ0v) is 12.0. The van der Waals surface area contributed by atoms with Crippen molar-refractivity contribution in [3.63, 3.8) is 0 Å². The van der Waals surface area contributed by atoms with Crippen LogP contribution < -0.4 is 0 Å². The quantitative estimate of drug-likeness (QED) is 0.335. The summed E-state index contributed by atoms with van der Waals surface area (Å²) in [5.74, 6) is -0.445. The van der Waals surface area contributed by atoms with Crippen LogP contribution >= 0.6 is 23.2 Å². The largest absolute Gasteiger partial charge is 0.463 e.